The molecule has 3 aliphatic rings. The van der Waals surface area contributed by atoms with E-state index in [0.717, 1.165) is 12.8 Å². The van der Waals surface area contributed by atoms with Crippen molar-refractivity contribution in [2.45, 2.75) is 39.3 Å². The van der Waals surface area contributed by atoms with Crippen LogP contribution in [0.4, 0.5) is 11.5 Å². The standard InChI is InChI=1S/C16H19N3O3/c1-15(2)8-3-5-16(15,10(20)7-8)14-18-11-9(13(21)22)4-6-17-12(11)19-14/h4,6,8,14,18H,3,5,7H2,1-2H3,(H,17,19)(H,21,22). The van der Waals surface area contributed by atoms with Crippen molar-refractivity contribution < 1.29 is 14.7 Å². The molecule has 2 heterocycles. The lowest BCUT2D eigenvalue weighted by atomic mass is 9.67. The summed E-state index contributed by atoms with van der Waals surface area (Å²) >= 11 is 0. The van der Waals surface area contributed by atoms with Crippen molar-refractivity contribution in [1.82, 2.24) is 4.98 Å². The third kappa shape index (κ3) is 1.38. The number of fused-ring (bicyclic) bond motifs is 3. The van der Waals surface area contributed by atoms with Gasteiger partial charge in [0.15, 0.2) is 5.82 Å². The van der Waals surface area contributed by atoms with E-state index < -0.39 is 11.4 Å². The molecular formula is C16H19N3O3. The first-order valence-corrected chi connectivity index (χ1v) is 7.66. The van der Waals surface area contributed by atoms with Gasteiger partial charge in [0, 0.05) is 12.6 Å². The number of carbonyl (C=O) groups is 2. The SMILES string of the molecule is CC1(C)C2CCC1(C1Nc3nccc(C(=O)O)c3N1)C(=O)C2. The first kappa shape index (κ1) is 13.5. The number of carbonyl (C=O) groups excluding carboxylic acids is 1. The van der Waals surface area contributed by atoms with Crippen LogP contribution in [0.5, 0.6) is 0 Å². The van der Waals surface area contributed by atoms with Gasteiger partial charge >= 0.3 is 5.97 Å². The summed E-state index contributed by atoms with van der Waals surface area (Å²) in [5.74, 6) is 0.230. The van der Waals surface area contributed by atoms with E-state index in [9.17, 15) is 14.7 Å². The molecule has 6 nitrogen and oxygen atoms in total. The Morgan fingerprint density at radius 2 is 2.18 bits per heavy atom. The molecule has 0 amide bonds. The summed E-state index contributed by atoms with van der Waals surface area (Å²) in [5, 5.41) is 15.8. The zero-order chi connectivity index (χ0) is 15.7. The number of nitrogens with one attached hydrogen (secondary N) is 2. The highest BCUT2D eigenvalue weighted by atomic mass is 16.4. The van der Waals surface area contributed by atoms with Gasteiger partial charge in [-0.25, -0.2) is 9.78 Å². The van der Waals surface area contributed by atoms with Gasteiger partial charge in [-0.05, 0) is 30.2 Å². The summed E-state index contributed by atoms with van der Waals surface area (Å²) in [6.45, 7) is 4.32. The van der Waals surface area contributed by atoms with Crippen molar-refractivity contribution in [2.75, 3.05) is 10.6 Å². The maximum Gasteiger partial charge on any atom is 0.338 e. The molecule has 22 heavy (non-hydrogen) atoms. The number of hydrogen-bond acceptors (Lipinski definition) is 5. The molecule has 0 aromatic carbocycles. The van der Waals surface area contributed by atoms with E-state index in [-0.39, 0.29) is 22.9 Å². The van der Waals surface area contributed by atoms with Crippen LogP contribution in [0, 0.1) is 16.7 Å². The first-order valence-electron chi connectivity index (χ1n) is 7.66. The summed E-state index contributed by atoms with van der Waals surface area (Å²) < 4.78 is 0. The topological polar surface area (TPSA) is 91.3 Å². The zero-order valence-corrected chi connectivity index (χ0v) is 12.6. The molecule has 3 unspecified atom stereocenters. The molecule has 1 aromatic heterocycles. The van der Waals surface area contributed by atoms with Gasteiger partial charge in [0.1, 0.15) is 11.9 Å². The fraction of sp³-hybridized carbons (Fsp3) is 0.562. The predicted molar refractivity (Wildman–Crippen MR) is 80.8 cm³/mol. The van der Waals surface area contributed by atoms with Gasteiger partial charge in [0.2, 0.25) is 0 Å². The van der Waals surface area contributed by atoms with Crippen molar-refractivity contribution in [3.8, 4) is 0 Å². The molecule has 2 aliphatic carbocycles. The van der Waals surface area contributed by atoms with Gasteiger partial charge in [-0.1, -0.05) is 13.8 Å². The van der Waals surface area contributed by atoms with E-state index in [1.807, 2.05) is 0 Å². The van der Waals surface area contributed by atoms with Gasteiger partial charge in [-0.3, -0.25) is 4.79 Å². The highest BCUT2D eigenvalue weighted by Crippen LogP contribution is 2.66. The van der Waals surface area contributed by atoms with Crippen molar-refractivity contribution in [1.29, 1.82) is 0 Å². The number of nitrogens with zero attached hydrogens (tertiary/aromatic N) is 1. The van der Waals surface area contributed by atoms with Gasteiger partial charge in [-0.15, -0.1) is 0 Å². The van der Waals surface area contributed by atoms with Crippen LogP contribution < -0.4 is 10.6 Å². The number of aromatic carboxylic acids is 1. The van der Waals surface area contributed by atoms with E-state index in [0.29, 0.717) is 23.8 Å². The number of pyridine rings is 1. The van der Waals surface area contributed by atoms with E-state index in [1.54, 1.807) is 0 Å². The Morgan fingerprint density at radius 3 is 2.77 bits per heavy atom. The fourth-order valence-electron chi connectivity index (χ4n) is 4.85. The Morgan fingerprint density at radius 1 is 1.41 bits per heavy atom. The van der Waals surface area contributed by atoms with Crippen LogP contribution in [0.25, 0.3) is 0 Å². The van der Waals surface area contributed by atoms with Crippen LogP contribution in [0.3, 0.4) is 0 Å². The molecule has 1 aliphatic heterocycles. The van der Waals surface area contributed by atoms with Crippen LogP contribution in [0.15, 0.2) is 12.3 Å². The average Bonchev–Trinajstić information content (AvgIpc) is 3.05. The summed E-state index contributed by atoms with van der Waals surface area (Å²) in [4.78, 5) is 28.3. The molecule has 0 saturated heterocycles. The van der Waals surface area contributed by atoms with Crippen molar-refractivity contribution in [2.24, 2.45) is 16.7 Å². The third-order valence-corrected chi connectivity index (χ3v) is 6.23. The van der Waals surface area contributed by atoms with Gasteiger partial charge in [-0.2, -0.15) is 0 Å². The van der Waals surface area contributed by atoms with Crippen molar-refractivity contribution in [3.05, 3.63) is 17.8 Å². The Kier molecular flexibility index (Phi) is 2.46. The summed E-state index contributed by atoms with van der Waals surface area (Å²) in [5.41, 5.74) is 0.0939. The minimum absolute atomic E-state index is 0.0970. The highest BCUT2D eigenvalue weighted by Gasteiger charge is 2.68. The summed E-state index contributed by atoms with van der Waals surface area (Å²) in [6, 6.07) is 1.48. The molecule has 4 rings (SSSR count). The largest absolute Gasteiger partial charge is 0.478 e. The minimum atomic E-state index is -0.993. The summed E-state index contributed by atoms with van der Waals surface area (Å²) in [7, 11) is 0. The maximum absolute atomic E-state index is 12.7. The third-order valence-electron chi connectivity index (χ3n) is 6.23. The summed E-state index contributed by atoms with van der Waals surface area (Å²) in [6.07, 6.45) is 3.71. The number of carboxylic acids is 1. The van der Waals surface area contributed by atoms with Crippen molar-refractivity contribution >= 4 is 23.3 Å². The fourth-order valence-corrected chi connectivity index (χ4v) is 4.85. The Bertz CT molecular complexity index is 700. The van der Waals surface area contributed by atoms with E-state index in [1.165, 1.54) is 12.3 Å². The number of ketones is 1. The molecule has 0 radical (unpaired) electrons. The molecule has 116 valence electrons. The molecule has 0 spiro atoms. The van der Waals surface area contributed by atoms with Crippen LogP contribution in [-0.2, 0) is 4.79 Å². The zero-order valence-electron chi connectivity index (χ0n) is 12.6. The molecule has 3 N–H and O–H groups in total. The Hall–Kier alpha value is -2.11. The molecule has 1 aromatic rings. The second-order valence-corrected chi connectivity index (χ2v) is 7.16. The number of rotatable bonds is 2. The molecular weight excluding hydrogens is 282 g/mol. The quantitative estimate of drug-likeness (QED) is 0.776. The average molecular weight is 301 g/mol. The van der Waals surface area contributed by atoms with Crippen LogP contribution in [-0.4, -0.2) is 28.0 Å². The number of aromatic nitrogens is 1. The normalized spacial score (nSPS) is 34.2. The second kappa shape index (κ2) is 4.00. The predicted octanol–water partition coefficient (Wildman–Crippen LogP) is 2.34. The second-order valence-electron chi connectivity index (χ2n) is 7.16. The number of Topliss-reactive ketones (excluding diaryl/α,β-unsaturated/α-hetero) is 1. The van der Waals surface area contributed by atoms with Crippen molar-refractivity contribution in [3.63, 3.8) is 0 Å². The van der Waals surface area contributed by atoms with Gasteiger partial charge in [0.05, 0.1) is 16.7 Å². The Balaban J connectivity index is 1.77. The van der Waals surface area contributed by atoms with E-state index >= 15 is 0 Å². The Labute approximate surface area is 128 Å². The van der Waals surface area contributed by atoms with E-state index in [4.69, 9.17) is 0 Å². The molecule has 2 fully saturated rings. The van der Waals surface area contributed by atoms with Crippen LogP contribution in [0.1, 0.15) is 43.5 Å². The minimum Gasteiger partial charge on any atom is -0.478 e. The lowest BCUT2D eigenvalue weighted by molar-refractivity contribution is -0.130. The monoisotopic (exact) mass is 301 g/mol. The molecule has 2 bridgehead atoms. The molecule has 3 atom stereocenters. The lowest BCUT2D eigenvalue weighted by Gasteiger charge is -2.41. The lowest BCUT2D eigenvalue weighted by Crippen LogP contribution is -2.51. The first-order chi connectivity index (χ1) is 10.4. The smallest absolute Gasteiger partial charge is 0.338 e. The maximum atomic E-state index is 12.7. The van der Waals surface area contributed by atoms with Gasteiger partial charge in [0.25, 0.3) is 0 Å². The van der Waals surface area contributed by atoms with Crippen LogP contribution in [0.2, 0.25) is 0 Å². The molecule has 2 saturated carbocycles. The number of carboxylic acid groups (broad SMARTS) is 1. The number of anilines is 2. The number of hydrogen-bond donors (Lipinski definition) is 3. The van der Waals surface area contributed by atoms with Crippen LogP contribution >= 0.6 is 0 Å². The molecule has 6 heteroatoms. The van der Waals surface area contributed by atoms with E-state index in [2.05, 4.69) is 29.5 Å². The van der Waals surface area contributed by atoms with Gasteiger partial charge < -0.3 is 15.7 Å². The highest BCUT2D eigenvalue weighted by molar-refractivity contribution is 5.99.